The van der Waals surface area contributed by atoms with Gasteiger partial charge in [0.25, 0.3) is 11.8 Å². The summed E-state index contributed by atoms with van der Waals surface area (Å²) in [6, 6.07) is 7.28. The largest absolute Gasteiger partial charge is 0.385 e. The number of methoxy groups -OCH3 is 1. The van der Waals surface area contributed by atoms with Crippen LogP contribution in [0.1, 0.15) is 31.7 Å². The van der Waals surface area contributed by atoms with Gasteiger partial charge in [-0.05, 0) is 57.1 Å². The van der Waals surface area contributed by atoms with Crippen LogP contribution in [0, 0.1) is 0 Å². The Morgan fingerprint density at radius 2 is 1.81 bits per heavy atom. The number of rotatable bonds is 8. The van der Waals surface area contributed by atoms with E-state index in [0.717, 1.165) is 25.9 Å². The van der Waals surface area contributed by atoms with E-state index in [0.29, 0.717) is 42.1 Å². The highest BCUT2D eigenvalue weighted by Gasteiger charge is 2.42. The van der Waals surface area contributed by atoms with E-state index in [1.807, 2.05) is 11.9 Å². The number of carbonyl (C=O) groups is 3. The molecule has 1 aromatic rings. The van der Waals surface area contributed by atoms with Crippen molar-refractivity contribution >= 4 is 29.0 Å². The molecule has 0 aliphatic carbocycles. The first kappa shape index (κ1) is 23.0. The number of amides is 3. The standard InChI is InChI=1S/C23H32N4O4/c1-16(28)24-18-8-6-17(7-9-18)20-21(26(3)19-10-13-25(2)14-11-19)23(30)27(22(20)29)12-5-15-31-4/h6-9,19H,5,10-15H2,1-4H3,(H,24,28). The Morgan fingerprint density at radius 1 is 1.16 bits per heavy atom. The topological polar surface area (TPSA) is 82.2 Å². The van der Waals surface area contributed by atoms with Crippen LogP contribution in [0.3, 0.4) is 0 Å². The fourth-order valence-corrected chi connectivity index (χ4v) is 4.21. The summed E-state index contributed by atoms with van der Waals surface area (Å²) in [5.74, 6) is -0.683. The Hall–Kier alpha value is -2.71. The van der Waals surface area contributed by atoms with Gasteiger partial charge in [0.05, 0.1) is 5.57 Å². The van der Waals surface area contributed by atoms with Crippen molar-refractivity contribution in [2.45, 2.75) is 32.2 Å². The van der Waals surface area contributed by atoms with E-state index in [9.17, 15) is 14.4 Å². The van der Waals surface area contributed by atoms with Crippen LogP contribution in [0.2, 0.25) is 0 Å². The van der Waals surface area contributed by atoms with E-state index >= 15 is 0 Å². The molecule has 1 fully saturated rings. The van der Waals surface area contributed by atoms with Crippen molar-refractivity contribution < 1.29 is 19.1 Å². The third-order valence-electron chi connectivity index (χ3n) is 5.96. The van der Waals surface area contributed by atoms with Crippen LogP contribution in [0.4, 0.5) is 5.69 Å². The predicted octanol–water partition coefficient (Wildman–Crippen LogP) is 1.79. The lowest BCUT2D eigenvalue weighted by Gasteiger charge is -2.36. The van der Waals surface area contributed by atoms with E-state index in [1.165, 1.54) is 11.8 Å². The molecule has 0 radical (unpaired) electrons. The molecule has 0 bridgehead atoms. The summed E-state index contributed by atoms with van der Waals surface area (Å²) in [5.41, 5.74) is 2.22. The number of nitrogens with one attached hydrogen (secondary N) is 1. The van der Waals surface area contributed by atoms with Gasteiger partial charge in [-0.25, -0.2) is 0 Å². The van der Waals surface area contributed by atoms with Gasteiger partial charge in [-0.1, -0.05) is 12.1 Å². The number of hydrogen-bond donors (Lipinski definition) is 1. The second kappa shape index (κ2) is 10.1. The molecule has 3 rings (SSSR count). The van der Waals surface area contributed by atoms with E-state index in [2.05, 4.69) is 17.3 Å². The van der Waals surface area contributed by atoms with Crippen LogP contribution in [-0.4, -0.2) is 85.9 Å². The van der Waals surface area contributed by atoms with E-state index in [4.69, 9.17) is 4.74 Å². The zero-order chi connectivity index (χ0) is 22.5. The van der Waals surface area contributed by atoms with Gasteiger partial charge in [-0.15, -0.1) is 0 Å². The summed E-state index contributed by atoms with van der Waals surface area (Å²) < 4.78 is 5.10. The van der Waals surface area contributed by atoms with Gasteiger partial charge in [0, 0.05) is 46.0 Å². The van der Waals surface area contributed by atoms with Crippen LogP contribution in [0.5, 0.6) is 0 Å². The summed E-state index contributed by atoms with van der Waals surface area (Å²) in [6.07, 6.45) is 2.47. The number of imide groups is 1. The monoisotopic (exact) mass is 428 g/mol. The first-order chi connectivity index (χ1) is 14.8. The molecule has 31 heavy (non-hydrogen) atoms. The first-order valence-electron chi connectivity index (χ1n) is 10.7. The fourth-order valence-electron chi connectivity index (χ4n) is 4.21. The summed E-state index contributed by atoms with van der Waals surface area (Å²) in [6.45, 7) is 4.18. The molecule has 3 amide bonds. The number of anilines is 1. The molecule has 0 aromatic heterocycles. The molecule has 2 aliphatic heterocycles. The third kappa shape index (κ3) is 5.14. The number of nitrogens with zero attached hydrogens (tertiary/aromatic N) is 3. The third-order valence-corrected chi connectivity index (χ3v) is 5.96. The van der Waals surface area contributed by atoms with E-state index < -0.39 is 0 Å². The number of benzene rings is 1. The average molecular weight is 429 g/mol. The van der Waals surface area contributed by atoms with Crippen LogP contribution in [-0.2, 0) is 19.1 Å². The Morgan fingerprint density at radius 3 is 2.39 bits per heavy atom. The van der Waals surface area contributed by atoms with Crippen molar-refractivity contribution in [3.05, 3.63) is 35.5 Å². The lowest BCUT2D eigenvalue weighted by Crippen LogP contribution is -2.43. The quantitative estimate of drug-likeness (QED) is 0.502. The predicted molar refractivity (Wildman–Crippen MR) is 119 cm³/mol. The van der Waals surface area contributed by atoms with Crippen molar-refractivity contribution in [2.24, 2.45) is 0 Å². The molecule has 0 spiro atoms. The molecule has 0 saturated carbocycles. The van der Waals surface area contributed by atoms with Gasteiger partial charge >= 0.3 is 0 Å². The minimum Gasteiger partial charge on any atom is -0.385 e. The van der Waals surface area contributed by atoms with Gasteiger partial charge in [-0.3, -0.25) is 19.3 Å². The lowest BCUT2D eigenvalue weighted by atomic mass is 10.00. The van der Waals surface area contributed by atoms with E-state index in [-0.39, 0.29) is 23.8 Å². The number of piperidine rings is 1. The summed E-state index contributed by atoms with van der Waals surface area (Å²) >= 11 is 0. The zero-order valence-electron chi connectivity index (χ0n) is 18.8. The van der Waals surface area contributed by atoms with Crippen molar-refractivity contribution in [1.29, 1.82) is 0 Å². The number of ether oxygens (including phenoxy) is 1. The molecule has 2 heterocycles. The second-order valence-corrected chi connectivity index (χ2v) is 8.24. The first-order valence-corrected chi connectivity index (χ1v) is 10.7. The van der Waals surface area contributed by atoms with Gasteiger partial charge in [0.1, 0.15) is 5.70 Å². The second-order valence-electron chi connectivity index (χ2n) is 8.24. The van der Waals surface area contributed by atoms with Crippen molar-refractivity contribution in [3.63, 3.8) is 0 Å². The molecule has 168 valence electrons. The van der Waals surface area contributed by atoms with Crippen LogP contribution in [0.15, 0.2) is 30.0 Å². The van der Waals surface area contributed by atoms with Crippen molar-refractivity contribution in [2.75, 3.05) is 52.8 Å². The normalized spacial score (nSPS) is 18.1. The lowest BCUT2D eigenvalue weighted by molar-refractivity contribution is -0.137. The minimum absolute atomic E-state index is 0.161. The van der Waals surface area contributed by atoms with Gasteiger partial charge in [0.15, 0.2) is 0 Å². The highest BCUT2D eigenvalue weighted by atomic mass is 16.5. The van der Waals surface area contributed by atoms with Gasteiger partial charge in [-0.2, -0.15) is 0 Å². The highest BCUT2D eigenvalue weighted by Crippen LogP contribution is 2.34. The summed E-state index contributed by atoms with van der Waals surface area (Å²) in [5, 5.41) is 2.73. The SMILES string of the molecule is COCCCN1C(=O)C(c2ccc(NC(C)=O)cc2)=C(N(C)C2CCN(C)CC2)C1=O. The summed E-state index contributed by atoms with van der Waals surface area (Å²) in [7, 11) is 5.62. The Bertz CT molecular complexity index is 857. The van der Waals surface area contributed by atoms with Gasteiger partial charge < -0.3 is 19.9 Å². The Balaban J connectivity index is 1.94. The molecule has 1 N–H and O–H groups in total. The van der Waals surface area contributed by atoms with Crippen LogP contribution in [0.25, 0.3) is 5.57 Å². The molecular formula is C23H32N4O4. The molecule has 0 atom stereocenters. The van der Waals surface area contributed by atoms with Crippen LogP contribution < -0.4 is 5.32 Å². The van der Waals surface area contributed by atoms with Gasteiger partial charge in [0.2, 0.25) is 5.91 Å². The Labute approximate surface area is 183 Å². The minimum atomic E-state index is -0.275. The molecule has 8 heteroatoms. The zero-order valence-corrected chi connectivity index (χ0v) is 18.8. The maximum absolute atomic E-state index is 13.4. The molecule has 1 saturated heterocycles. The number of likely N-dealkylation sites (N-methyl/N-ethyl adjacent to an activating group) is 1. The molecule has 2 aliphatic rings. The average Bonchev–Trinajstić information content (AvgIpc) is 2.99. The molecular weight excluding hydrogens is 396 g/mol. The molecule has 8 nitrogen and oxygen atoms in total. The highest BCUT2D eigenvalue weighted by molar-refractivity contribution is 6.35. The molecule has 0 unspecified atom stereocenters. The summed E-state index contributed by atoms with van der Waals surface area (Å²) in [4.78, 5) is 43.6. The Kier molecular flexibility index (Phi) is 7.46. The maximum Gasteiger partial charge on any atom is 0.277 e. The maximum atomic E-state index is 13.4. The fraction of sp³-hybridized carbons (Fsp3) is 0.522. The van der Waals surface area contributed by atoms with Crippen LogP contribution >= 0.6 is 0 Å². The molecule has 1 aromatic carbocycles. The number of likely N-dealkylation sites (tertiary alicyclic amines) is 1. The van der Waals surface area contributed by atoms with Crippen molar-refractivity contribution in [3.8, 4) is 0 Å². The number of carbonyl (C=O) groups excluding carboxylic acids is 3. The van der Waals surface area contributed by atoms with E-state index in [1.54, 1.807) is 31.4 Å². The van der Waals surface area contributed by atoms with Crippen molar-refractivity contribution in [1.82, 2.24) is 14.7 Å². The smallest absolute Gasteiger partial charge is 0.277 e. The number of hydrogen-bond acceptors (Lipinski definition) is 6.